The van der Waals surface area contributed by atoms with Crippen LogP contribution in [-0.4, -0.2) is 49.2 Å². The van der Waals surface area contributed by atoms with Crippen molar-refractivity contribution in [2.45, 2.75) is 98.7 Å². The molecule has 0 radical (unpaired) electrons. The number of hydrogen-bond donors (Lipinski definition) is 1. The van der Waals surface area contributed by atoms with Crippen LogP contribution in [0.25, 0.3) is 0 Å². The van der Waals surface area contributed by atoms with E-state index < -0.39 is 0 Å². The van der Waals surface area contributed by atoms with Gasteiger partial charge in [0.05, 0.1) is 13.2 Å². The molecule has 214 valence electrons. The van der Waals surface area contributed by atoms with Crippen LogP contribution in [0.15, 0.2) is 34.4 Å². The molecule has 10 nitrogen and oxygen atoms in total. The fourth-order valence-corrected chi connectivity index (χ4v) is 3.51. The van der Waals surface area contributed by atoms with Gasteiger partial charge in [-0.15, -0.1) is 0 Å². The normalized spacial score (nSPS) is 10.1. The van der Waals surface area contributed by atoms with Gasteiger partial charge in [-0.25, -0.2) is 9.59 Å². The number of rotatable bonds is 13. The van der Waals surface area contributed by atoms with Crippen LogP contribution < -0.4 is 40.9 Å². The van der Waals surface area contributed by atoms with E-state index in [9.17, 15) is 19.2 Å². The molecule has 2 aromatic heterocycles. The molecule has 0 aliphatic rings. The summed E-state index contributed by atoms with van der Waals surface area (Å²) in [5, 5.41) is 0.965. The predicted molar refractivity (Wildman–Crippen MR) is 150 cm³/mol. The Morgan fingerprint density at radius 1 is 0.868 bits per heavy atom. The summed E-state index contributed by atoms with van der Waals surface area (Å²) in [7, 11) is 0. The third kappa shape index (κ3) is 17.1. The molecular formula is C26H46BrN4NaO6. The van der Waals surface area contributed by atoms with E-state index in [1.54, 1.807) is 45.4 Å². The first-order valence-electron chi connectivity index (χ1n) is 13.0. The SMILES string of the molecule is CC(C)n1cc[nH]c1=O.CCOC(=O)CCCCBr.CCOC(=O)CCCCn1ccn(C(C)C)c1=O.[H-].[Na+]. The molecule has 1 N–H and O–H groups in total. The van der Waals surface area contributed by atoms with E-state index in [1.807, 2.05) is 34.6 Å². The molecule has 0 amide bonds. The Bertz CT molecular complexity index is 1000. The number of halogens is 1. The Morgan fingerprint density at radius 3 is 1.76 bits per heavy atom. The molecular weight excluding hydrogens is 567 g/mol. The number of carbonyl (C=O) groups is 2. The van der Waals surface area contributed by atoms with Crippen molar-refractivity contribution < 1.29 is 50.0 Å². The van der Waals surface area contributed by atoms with Crippen molar-refractivity contribution in [2.75, 3.05) is 18.5 Å². The number of unbranched alkanes of at least 4 members (excludes halogenated alkanes) is 2. The Morgan fingerprint density at radius 2 is 1.39 bits per heavy atom. The van der Waals surface area contributed by atoms with Gasteiger partial charge in [-0.2, -0.15) is 0 Å². The van der Waals surface area contributed by atoms with Crippen molar-refractivity contribution in [3.8, 4) is 0 Å². The van der Waals surface area contributed by atoms with E-state index in [1.165, 1.54) is 0 Å². The van der Waals surface area contributed by atoms with Crippen LogP contribution in [0.1, 0.15) is 93.6 Å². The quantitative estimate of drug-likeness (QED) is 0.160. The van der Waals surface area contributed by atoms with E-state index in [2.05, 4.69) is 20.9 Å². The van der Waals surface area contributed by atoms with Crippen molar-refractivity contribution in [1.29, 1.82) is 0 Å². The van der Waals surface area contributed by atoms with Crippen LogP contribution >= 0.6 is 15.9 Å². The number of nitrogens with zero attached hydrogens (tertiary/aromatic N) is 3. The summed E-state index contributed by atoms with van der Waals surface area (Å²) in [6, 6.07) is 0.432. The number of imidazole rings is 2. The van der Waals surface area contributed by atoms with Crippen LogP contribution in [0.5, 0.6) is 0 Å². The van der Waals surface area contributed by atoms with E-state index in [4.69, 9.17) is 9.47 Å². The number of H-pyrrole nitrogens is 1. The summed E-state index contributed by atoms with van der Waals surface area (Å²) in [5.41, 5.74) is -0.0221. The molecule has 2 heterocycles. The fraction of sp³-hybridized carbons (Fsp3) is 0.692. The number of alkyl halides is 1. The largest absolute Gasteiger partial charge is 1.00 e. The maximum absolute atomic E-state index is 11.9. The second-order valence-electron chi connectivity index (χ2n) is 8.75. The van der Waals surface area contributed by atoms with Crippen molar-refractivity contribution in [3.05, 3.63) is 45.8 Å². The topological polar surface area (TPSA) is 117 Å². The molecule has 0 bridgehead atoms. The molecule has 0 saturated carbocycles. The van der Waals surface area contributed by atoms with Crippen molar-refractivity contribution >= 4 is 27.9 Å². The zero-order valence-electron chi connectivity index (χ0n) is 25.2. The zero-order chi connectivity index (χ0) is 28.2. The standard InChI is InChI=1S/C13H22N2O3.C7H13BrO2.C6H10N2O.Na.H/c1-4-18-12(16)7-5-6-8-14-9-10-15(11(2)3)13(14)17;1-2-10-7(9)5-3-4-6-8;1-5(2)8-4-3-7-6(8)9;;/h9-11H,4-8H2,1-3H3;2-6H2,1H3;3-5H,1-2H3,(H,7,9);;/q;;;+1;-1. The number of aryl methyl sites for hydroxylation is 1. The summed E-state index contributed by atoms with van der Waals surface area (Å²) in [6.45, 7) is 13.1. The zero-order valence-corrected chi connectivity index (χ0v) is 27.8. The Labute approximate surface area is 258 Å². The van der Waals surface area contributed by atoms with E-state index in [0.29, 0.717) is 32.6 Å². The van der Waals surface area contributed by atoms with Gasteiger partial charge in [0.2, 0.25) is 0 Å². The maximum Gasteiger partial charge on any atom is 1.00 e. The summed E-state index contributed by atoms with van der Waals surface area (Å²) >= 11 is 3.29. The molecule has 0 atom stereocenters. The molecule has 38 heavy (non-hydrogen) atoms. The average Bonchev–Trinajstić information content (AvgIpc) is 3.43. The minimum Gasteiger partial charge on any atom is -1.00 e. The van der Waals surface area contributed by atoms with Crippen LogP contribution in [0.4, 0.5) is 0 Å². The van der Waals surface area contributed by atoms with Gasteiger partial charge in [-0.05, 0) is 67.2 Å². The second kappa shape index (κ2) is 23.3. The number of esters is 2. The Kier molecular flexibility index (Phi) is 23.7. The minimum absolute atomic E-state index is 0. The van der Waals surface area contributed by atoms with E-state index in [-0.39, 0.29) is 66.4 Å². The molecule has 0 spiro atoms. The number of nitrogens with one attached hydrogen (secondary N) is 1. The molecule has 0 fully saturated rings. The third-order valence-electron chi connectivity index (χ3n) is 5.07. The minimum atomic E-state index is -0.162. The van der Waals surface area contributed by atoms with Gasteiger partial charge >= 0.3 is 52.9 Å². The second-order valence-corrected chi connectivity index (χ2v) is 9.55. The fourth-order valence-electron chi connectivity index (χ4n) is 3.11. The van der Waals surface area contributed by atoms with Crippen LogP contribution in [-0.2, 0) is 25.6 Å². The summed E-state index contributed by atoms with van der Waals surface area (Å²) in [4.78, 5) is 47.0. The molecule has 0 saturated heterocycles. The number of aromatic nitrogens is 4. The van der Waals surface area contributed by atoms with Crippen LogP contribution in [0, 0.1) is 0 Å². The van der Waals surface area contributed by atoms with E-state index in [0.717, 1.165) is 31.0 Å². The number of ether oxygens (including phenoxy) is 2. The molecule has 2 rings (SSSR count). The van der Waals surface area contributed by atoms with Gasteiger partial charge in [0.15, 0.2) is 0 Å². The first-order chi connectivity index (χ1) is 17.6. The number of hydrogen-bond acceptors (Lipinski definition) is 6. The van der Waals surface area contributed by atoms with Crippen LogP contribution in [0.3, 0.4) is 0 Å². The first-order valence-corrected chi connectivity index (χ1v) is 14.1. The number of aromatic amines is 1. The average molecular weight is 614 g/mol. The summed E-state index contributed by atoms with van der Waals surface area (Å²) < 4.78 is 14.6. The van der Waals surface area contributed by atoms with Gasteiger partial charge in [-0.1, -0.05) is 15.9 Å². The van der Waals surface area contributed by atoms with Crippen molar-refractivity contribution in [1.82, 2.24) is 18.7 Å². The van der Waals surface area contributed by atoms with E-state index >= 15 is 0 Å². The molecule has 12 heteroatoms. The maximum atomic E-state index is 11.9. The van der Waals surface area contributed by atoms with Gasteiger partial charge in [0, 0.05) is 61.6 Å². The third-order valence-corrected chi connectivity index (χ3v) is 5.63. The summed E-state index contributed by atoms with van der Waals surface area (Å²) in [5.74, 6) is -0.243. The molecule has 0 aliphatic heterocycles. The van der Waals surface area contributed by atoms with Gasteiger partial charge in [0.1, 0.15) is 0 Å². The number of carbonyl (C=O) groups excluding carboxylic acids is 2. The Hall–Kier alpha value is -1.56. The van der Waals surface area contributed by atoms with Crippen LogP contribution in [0.2, 0.25) is 0 Å². The monoisotopic (exact) mass is 612 g/mol. The molecule has 0 aromatic carbocycles. The summed E-state index contributed by atoms with van der Waals surface area (Å²) in [6.07, 6.45) is 11.5. The first kappa shape index (κ1) is 38.6. The van der Waals surface area contributed by atoms with Gasteiger partial charge < -0.3 is 15.9 Å². The van der Waals surface area contributed by atoms with Gasteiger partial charge in [0.25, 0.3) is 0 Å². The smallest absolute Gasteiger partial charge is 1.00 e. The molecule has 0 unspecified atom stereocenters. The molecule has 2 aromatic rings. The van der Waals surface area contributed by atoms with Crippen molar-refractivity contribution in [3.63, 3.8) is 0 Å². The predicted octanol–water partition coefficient (Wildman–Crippen LogP) is 1.95. The van der Waals surface area contributed by atoms with Gasteiger partial charge in [-0.3, -0.25) is 23.3 Å². The van der Waals surface area contributed by atoms with Crippen molar-refractivity contribution in [2.24, 2.45) is 0 Å². The Balaban J connectivity index is -0.000000528. The molecule has 0 aliphatic carbocycles.